The number of alkyl carbamates (subject to hydrolysis) is 1. The molecule has 2 aromatic rings. The smallest absolute Gasteiger partial charge is 0.407 e. The second kappa shape index (κ2) is 13.8. The number of aromatic nitrogens is 2. The summed E-state index contributed by atoms with van der Waals surface area (Å²) in [5, 5.41) is 15.8. The molecule has 0 aliphatic heterocycles. The van der Waals surface area contributed by atoms with Crippen molar-refractivity contribution >= 4 is 48.2 Å². The molecule has 0 spiro atoms. The lowest BCUT2D eigenvalue weighted by Gasteiger charge is -2.19. The number of amides is 2. The Morgan fingerprint density at radius 1 is 1.14 bits per heavy atom. The summed E-state index contributed by atoms with van der Waals surface area (Å²) in [5.74, 6) is -0.0566. The highest BCUT2D eigenvalue weighted by atomic mass is 16.6. The monoisotopic (exact) mass is 512 g/mol. The third-order valence-corrected chi connectivity index (χ3v) is 4.94. The maximum absolute atomic E-state index is 12.4. The van der Waals surface area contributed by atoms with Gasteiger partial charge in [-0.3, -0.25) is 9.79 Å². The van der Waals surface area contributed by atoms with E-state index in [9.17, 15) is 14.7 Å². The molecule has 0 bridgehead atoms. The van der Waals surface area contributed by atoms with E-state index >= 15 is 0 Å². The highest BCUT2D eigenvalue weighted by Gasteiger charge is 2.15. The van der Waals surface area contributed by atoms with Gasteiger partial charge in [0.25, 0.3) is 5.91 Å². The maximum Gasteiger partial charge on any atom is 0.407 e. The Balaban J connectivity index is 1.73. The van der Waals surface area contributed by atoms with Crippen LogP contribution in [0.1, 0.15) is 62.4 Å². The predicted octanol–water partition coefficient (Wildman–Crippen LogP) is 3.44. The minimum atomic E-state index is -0.541. The molecule has 1 aromatic carbocycles. The van der Waals surface area contributed by atoms with E-state index in [0.29, 0.717) is 38.8 Å². The Hall–Kier alpha value is -4.22. The van der Waals surface area contributed by atoms with Crippen molar-refractivity contribution in [1.29, 1.82) is 0 Å². The van der Waals surface area contributed by atoms with Gasteiger partial charge in [0.2, 0.25) is 5.95 Å². The molecule has 0 fully saturated rings. The average molecular weight is 513 g/mol. The van der Waals surface area contributed by atoms with Crippen molar-refractivity contribution in [2.45, 2.75) is 58.5 Å². The summed E-state index contributed by atoms with van der Waals surface area (Å²) in [4.78, 5) is 39.9. The van der Waals surface area contributed by atoms with Crippen LogP contribution in [-0.2, 0) is 11.2 Å². The Bertz CT molecular complexity index is 1130. The van der Waals surface area contributed by atoms with Crippen molar-refractivity contribution in [2.24, 2.45) is 9.98 Å². The van der Waals surface area contributed by atoms with Crippen LogP contribution in [0, 0.1) is 0 Å². The molecule has 37 heavy (non-hydrogen) atoms. The number of aliphatic imine (C=N–C) groups is 2. The summed E-state index contributed by atoms with van der Waals surface area (Å²) in [6, 6.07) is 5.00. The van der Waals surface area contributed by atoms with Crippen LogP contribution in [0.15, 0.2) is 28.2 Å². The molecular weight excluding hydrogens is 476 g/mol. The number of rotatable bonds is 12. The van der Waals surface area contributed by atoms with Crippen molar-refractivity contribution in [3.63, 3.8) is 0 Å². The summed E-state index contributed by atoms with van der Waals surface area (Å²) in [5.41, 5.74) is 12.2. The number of aryl methyl sites for hydroxylation is 1. The van der Waals surface area contributed by atoms with E-state index in [-0.39, 0.29) is 40.5 Å². The summed E-state index contributed by atoms with van der Waals surface area (Å²) < 4.78 is 5.16. The second-order valence-corrected chi connectivity index (χ2v) is 9.24. The lowest BCUT2D eigenvalue weighted by Crippen LogP contribution is -2.33. The Morgan fingerprint density at radius 3 is 2.49 bits per heavy atom. The number of anilines is 2. The van der Waals surface area contributed by atoms with Crippen LogP contribution in [0.5, 0.6) is 5.75 Å². The molecule has 200 valence electrons. The van der Waals surface area contributed by atoms with Crippen molar-refractivity contribution < 1.29 is 19.4 Å². The topological polar surface area (TPSA) is 190 Å². The number of nitrogen functional groups attached to an aromatic ring is 2. The number of carbonyl (C=O) groups is 2. The first-order valence-corrected chi connectivity index (χ1v) is 12.0. The number of hydrogen-bond donors (Lipinski definition) is 5. The first kappa shape index (κ1) is 29.0. The number of nitrogens with two attached hydrogens (primary N) is 2. The van der Waals surface area contributed by atoms with Crippen LogP contribution in [0.3, 0.4) is 0 Å². The molecule has 0 saturated carbocycles. The Kier molecular flexibility index (Phi) is 10.8. The van der Waals surface area contributed by atoms with Crippen LogP contribution in [-0.4, -0.2) is 58.7 Å². The van der Waals surface area contributed by atoms with Gasteiger partial charge in [-0.15, -0.1) is 0 Å². The first-order valence-electron chi connectivity index (χ1n) is 12.0. The molecule has 1 heterocycles. The lowest BCUT2D eigenvalue weighted by molar-refractivity contribution is 0.0526. The highest BCUT2D eigenvalue weighted by Crippen LogP contribution is 2.30. The number of phenolic OH excluding ortho intramolecular Hbond substituents is 1. The van der Waals surface area contributed by atoms with Gasteiger partial charge in [0.15, 0.2) is 11.6 Å². The Morgan fingerprint density at radius 2 is 1.84 bits per heavy atom. The number of benzene rings is 1. The van der Waals surface area contributed by atoms with Crippen LogP contribution in [0.4, 0.5) is 28.1 Å². The molecule has 0 saturated heterocycles. The Labute approximate surface area is 216 Å². The van der Waals surface area contributed by atoms with Crippen LogP contribution in [0.25, 0.3) is 0 Å². The fourth-order valence-corrected chi connectivity index (χ4v) is 3.24. The van der Waals surface area contributed by atoms with Gasteiger partial charge in [-0.2, -0.15) is 9.97 Å². The van der Waals surface area contributed by atoms with Gasteiger partial charge in [0.05, 0.1) is 5.56 Å². The fraction of sp³-hybridized carbons (Fsp3) is 0.440. The third-order valence-electron chi connectivity index (χ3n) is 4.94. The van der Waals surface area contributed by atoms with Crippen molar-refractivity contribution in [2.75, 3.05) is 24.6 Å². The number of nitrogens with zero attached hydrogens (tertiary/aromatic N) is 4. The molecule has 0 radical (unpaired) electrons. The summed E-state index contributed by atoms with van der Waals surface area (Å²) >= 11 is 0. The van der Waals surface area contributed by atoms with Gasteiger partial charge in [0.1, 0.15) is 17.0 Å². The number of carbonyl (C=O) groups excluding carboxylic acids is 2. The fourth-order valence-electron chi connectivity index (χ4n) is 3.24. The molecule has 0 atom stereocenters. The second-order valence-electron chi connectivity index (χ2n) is 9.24. The number of phenols is 1. The molecule has 2 rings (SSSR count). The molecule has 12 nitrogen and oxygen atoms in total. The third kappa shape index (κ3) is 10.1. The normalized spacial score (nSPS) is 11.3. The van der Waals surface area contributed by atoms with Crippen LogP contribution >= 0.6 is 0 Å². The summed E-state index contributed by atoms with van der Waals surface area (Å²) in [6.07, 6.45) is 4.62. The quantitative estimate of drug-likeness (QED) is 0.211. The minimum Gasteiger partial charge on any atom is -0.507 e. The van der Waals surface area contributed by atoms with Gasteiger partial charge in [0, 0.05) is 19.3 Å². The molecule has 0 aliphatic carbocycles. The van der Waals surface area contributed by atoms with Gasteiger partial charge < -0.3 is 31.9 Å². The number of hydrogen-bond acceptors (Lipinski definition) is 10. The van der Waals surface area contributed by atoms with Gasteiger partial charge >= 0.3 is 6.09 Å². The molecule has 12 heteroatoms. The highest BCUT2D eigenvalue weighted by molar-refractivity contribution is 5.96. The average Bonchev–Trinajstić information content (AvgIpc) is 2.79. The van der Waals surface area contributed by atoms with Gasteiger partial charge in [-0.25, -0.2) is 9.79 Å². The number of unbranched alkanes of at least 4 members (excludes halogenated alkanes) is 2. The first-order chi connectivity index (χ1) is 17.5. The zero-order chi connectivity index (χ0) is 27.4. The standard InChI is InChI=1S/C25H36N8O4/c1-25(2,3)37-24(36)31-14-8-7-13-30-22(35)17-11-10-16(15-18(17)34)9-5-6-12-29-21-19(28-4)20(26)32-23(27)33-21/h10-12,15,34H,4-9,13-14H2,1-3H3,(H,30,35)(H,31,36)(H4,26,27,32,33). The van der Waals surface area contributed by atoms with Crippen LogP contribution in [0.2, 0.25) is 0 Å². The largest absolute Gasteiger partial charge is 0.507 e. The zero-order valence-corrected chi connectivity index (χ0v) is 21.6. The summed E-state index contributed by atoms with van der Waals surface area (Å²) in [7, 11) is 0. The van der Waals surface area contributed by atoms with E-state index in [0.717, 1.165) is 12.0 Å². The number of nitrogens with one attached hydrogen (secondary N) is 2. The minimum absolute atomic E-state index is 0.00635. The van der Waals surface area contributed by atoms with Gasteiger partial charge in [-0.05, 0) is 77.3 Å². The SMILES string of the molecule is C=Nc1c(N)nc(N)nc1N=CCCCc1ccc(C(=O)NCCCCNC(=O)OC(C)(C)C)c(O)c1. The van der Waals surface area contributed by atoms with Gasteiger partial charge in [-0.1, -0.05) is 6.07 Å². The van der Waals surface area contributed by atoms with E-state index in [2.05, 4.69) is 37.3 Å². The number of ether oxygens (including phenoxy) is 1. The van der Waals surface area contributed by atoms with E-state index in [1.807, 2.05) is 6.07 Å². The molecule has 2 amide bonds. The molecule has 7 N–H and O–H groups in total. The van der Waals surface area contributed by atoms with E-state index in [1.165, 1.54) is 0 Å². The molecule has 1 aromatic heterocycles. The van der Waals surface area contributed by atoms with E-state index in [1.54, 1.807) is 39.1 Å². The summed E-state index contributed by atoms with van der Waals surface area (Å²) in [6.45, 7) is 9.71. The predicted molar refractivity (Wildman–Crippen MR) is 145 cm³/mol. The van der Waals surface area contributed by atoms with Crippen molar-refractivity contribution in [3.05, 3.63) is 29.3 Å². The molecular formula is C25H36N8O4. The molecule has 0 unspecified atom stereocenters. The van der Waals surface area contributed by atoms with E-state index < -0.39 is 11.7 Å². The van der Waals surface area contributed by atoms with E-state index in [4.69, 9.17) is 16.2 Å². The zero-order valence-electron chi connectivity index (χ0n) is 21.6. The van der Waals surface area contributed by atoms with Crippen molar-refractivity contribution in [3.8, 4) is 5.75 Å². The van der Waals surface area contributed by atoms with Crippen LogP contribution < -0.4 is 22.1 Å². The van der Waals surface area contributed by atoms with Crippen molar-refractivity contribution in [1.82, 2.24) is 20.6 Å². The lowest BCUT2D eigenvalue weighted by atomic mass is 10.0. The molecule has 0 aliphatic rings. The maximum atomic E-state index is 12.4. The number of aromatic hydroxyl groups is 1.